The number of esters is 1. The molecule has 4 nitrogen and oxygen atoms in total. The molecule has 1 atom stereocenters. The van der Waals surface area contributed by atoms with Crippen LogP contribution in [0.4, 0.5) is 0 Å². The van der Waals surface area contributed by atoms with E-state index < -0.39 is 13.2 Å². The first-order chi connectivity index (χ1) is 8.01. The minimum atomic E-state index is -0.940. The van der Waals surface area contributed by atoms with Gasteiger partial charge in [-0.25, -0.2) is 0 Å². The number of hydrogen-bond donors (Lipinski definition) is 1. The number of carbonyl (C=O) groups excluding carboxylic acids is 1. The lowest BCUT2D eigenvalue weighted by Gasteiger charge is -2.13. The second kappa shape index (κ2) is 6.03. The van der Waals surface area contributed by atoms with Crippen LogP contribution in [0.5, 0.6) is 0 Å². The molecule has 94 valence electrons. The number of carbonyl (C=O) groups is 1. The summed E-state index contributed by atoms with van der Waals surface area (Å²) in [5.74, 6) is -0.305. The number of ether oxygens (including phenoxy) is 1. The monoisotopic (exact) mass is 238 g/mol. The Balaban J connectivity index is 2.87. The van der Waals surface area contributed by atoms with Gasteiger partial charge in [0.25, 0.3) is 0 Å². The van der Waals surface area contributed by atoms with Crippen molar-refractivity contribution in [3.63, 3.8) is 0 Å². The van der Waals surface area contributed by atoms with E-state index in [2.05, 4.69) is 0 Å². The van der Waals surface area contributed by atoms with Crippen LogP contribution in [0.3, 0.4) is 0 Å². The third-order valence-electron chi connectivity index (χ3n) is 2.70. The second-order valence-corrected chi connectivity index (χ2v) is 4.14. The summed E-state index contributed by atoms with van der Waals surface area (Å²) < 4.78 is 10.3. The van der Waals surface area contributed by atoms with Crippen LogP contribution in [-0.2, 0) is 14.2 Å². The zero-order valence-electron chi connectivity index (χ0n) is 10.8. The molecule has 1 fully saturated rings. The lowest BCUT2D eigenvalue weighted by atomic mass is 9.75. The molecule has 0 saturated carbocycles. The third-order valence-corrected chi connectivity index (χ3v) is 2.70. The molecule has 1 N–H and O–H groups in total. The van der Waals surface area contributed by atoms with Crippen LogP contribution in [0.1, 0.15) is 34.1 Å². The Hall–Kier alpha value is -1.07. The maximum absolute atomic E-state index is 11.4. The Morgan fingerprint density at radius 1 is 1.59 bits per heavy atom. The van der Waals surface area contributed by atoms with E-state index in [0.717, 1.165) is 16.6 Å². The van der Waals surface area contributed by atoms with Gasteiger partial charge in [-0.15, -0.1) is 0 Å². The van der Waals surface area contributed by atoms with Gasteiger partial charge >= 0.3 is 13.1 Å². The van der Waals surface area contributed by atoms with E-state index in [1.165, 1.54) is 0 Å². The molecule has 0 aromatic rings. The van der Waals surface area contributed by atoms with Crippen molar-refractivity contribution < 1.29 is 19.2 Å². The lowest BCUT2D eigenvalue weighted by Crippen LogP contribution is -2.20. The van der Waals surface area contributed by atoms with Gasteiger partial charge in [0, 0.05) is 0 Å². The molecular formula is C12H19BO4. The molecule has 1 saturated heterocycles. The summed E-state index contributed by atoms with van der Waals surface area (Å²) in [6.45, 7) is 7.85. The summed E-state index contributed by atoms with van der Waals surface area (Å²) in [5.41, 5.74) is 2.70. The van der Waals surface area contributed by atoms with Crippen molar-refractivity contribution in [1.82, 2.24) is 0 Å². The fraction of sp³-hybridized carbons (Fsp3) is 0.583. The summed E-state index contributed by atoms with van der Waals surface area (Å²) in [6.07, 6.45) is 1.56. The largest absolute Gasteiger partial charge is 0.491 e. The highest BCUT2D eigenvalue weighted by Crippen LogP contribution is 2.32. The Morgan fingerprint density at radius 2 is 2.24 bits per heavy atom. The zero-order valence-corrected chi connectivity index (χ0v) is 10.8. The highest BCUT2D eigenvalue weighted by molar-refractivity contribution is 6.55. The van der Waals surface area contributed by atoms with Crippen LogP contribution < -0.4 is 0 Å². The molecule has 1 heterocycles. The second-order valence-electron chi connectivity index (χ2n) is 4.14. The van der Waals surface area contributed by atoms with Crippen LogP contribution in [0.25, 0.3) is 0 Å². The topological polar surface area (TPSA) is 55.8 Å². The lowest BCUT2D eigenvalue weighted by molar-refractivity contribution is -0.144. The molecule has 0 aromatic carbocycles. The summed E-state index contributed by atoms with van der Waals surface area (Å²) >= 11 is 0. The minimum absolute atomic E-state index is 0.142. The van der Waals surface area contributed by atoms with Crippen LogP contribution in [0.2, 0.25) is 0 Å². The van der Waals surface area contributed by atoms with E-state index in [1.807, 2.05) is 26.8 Å². The van der Waals surface area contributed by atoms with Crippen molar-refractivity contribution >= 4 is 13.1 Å². The van der Waals surface area contributed by atoms with Crippen molar-refractivity contribution in [3.05, 3.63) is 22.7 Å². The Morgan fingerprint density at radius 3 is 2.71 bits per heavy atom. The van der Waals surface area contributed by atoms with Gasteiger partial charge in [-0.05, 0) is 38.7 Å². The molecule has 5 heteroatoms. The van der Waals surface area contributed by atoms with Gasteiger partial charge in [0.15, 0.2) is 0 Å². The van der Waals surface area contributed by atoms with Gasteiger partial charge < -0.3 is 14.4 Å². The first-order valence-electron chi connectivity index (χ1n) is 5.84. The SMILES string of the molecule is CC=C1B(O)OC(CC(=O)OCC)C1=C(C)C. The third kappa shape index (κ3) is 3.20. The van der Waals surface area contributed by atoms with Crippen molar-refractivity contribution in [2.24, 2.45) is 0 Å². The molecule has 17 heavy (non-hydrogen) atoms. The first kappa shape index (κ1) is 14.0. The van der Waals surface area contributed by atoms with Crippen LogP contribution in [0.15, 0.2) is 22.7 Å². The van der Waals surface area contributed by atoms with E-state index >= 15 is 0 Å². The van der Waals surface area contributed by atoms with Gasteiger partial charge in [-0.1, -0.05) is 11.6 Å². The predicted octanol–water partition coefficient (Wildman–Crippen LogP) is 1.64. The highest BCUT2D eigenvalue weighted by atomic mass is 16.5. The van der Waals surface area contributed by atoms with Crippen molar-refractivity contribution in [2.45, 2.75) is 40.2 Å². The fourth-order valence-electron chi connectivity index (χ4n) is 2.05. The van der Waals surface area contributed by atoms with E-state index in [0.29, 0.717) is 6.61 Å². The molecule has 1 unspecified atom stereocenters. The van der Waals surface area contributed by atoms with Crippen LogP contribution in [-0.4, -0.2) is 30.8 Å². The highest BCUT2D eigenvalue weighted by Gasteiger charge is 2.39. The first-order valence-corrected chi connectivity index (χ1v) is 5.84. The van der Waals surface area contributed by atoms with Crippen molar-refractivity contribution in [1.29, 1.82) is 0 Å². The van der Waals surface area contributed by atoms with Gasteiger partial charge in [-0.3, -0.25) is 4.79 Å². The van der Waals surface area contributed by atoms with Crippen molar-refractivity contribution in [2.75, 3.05) is 6.61 Å². The van der Waals surface area contributed by atoms with Gasteiger partial charge in [0.2, 0.25) is 0 Å². The van der Waals surface area contributed by atoms with E-state index in [-0.39, 0.29) is 12.4 Å². The molecule has 0 amide bonds. The normalized spacial score (nSPS) is 22.2. The van der Waals surface area contributed by atoms with Crippen LogP contribution >= 0.6 is 0 Å². The van der Waals surface area contributed by atoms with Crippen molar-refractivity contribution in [3.8, 4) is 0 Å². The molecule has 0 bridgehead atoms. The zero-order chi connectivity index (χ0) is 13.0. The number of hydrogen-bond acceptors (Lipinski definition) is 4. The van der Waals surface area contributed by atoms with E-state index in [9.17, 15) is 9.82 Å². The quantitative estimate of drug-likeness (QED) is 0.599. The molecule has 1 rings (SSSR count). The minimum Gasteiger partial charge on any atom is -0.466 e. The van der Waals surface area contributed by atoms with Gasteiger partial charge in [-0.2, -0.15) is 0 Å². The molecule has 1 aliphatic rings. The average molecular weight is 238 g/mol. The molecule has 1 aliphatic heterocycles. The maximum atomic E-state index is 11.4. The fourth-order valence-corrected chi connectivity index (χ4v) is 2.05. The molecular weight excluding hydrogens is 219 g/mol. The Kier molecular flexibility index (Phi) is 4.96. The molecule has 0 aliphatic carbocycles. The molecule has 0 aromatic heterocycles. The standard InChI is InChI=1S/C12H19BO4/c1-5-9-12(8(3)4)10(17-13(9)15)7-11(14)16-6-2/h5,10,15H,6-7H2,1-4H3. The Bertz CT molecular complexity index is 356. The Labute approximate surface area is 102 Å². The number of allylic oxidation sites excluding steroid dienone is 2. The predicted molar refractivity (Wildman–Crippen MR) is 66.2 cm³/mol. The van der Waals surface area contributed by atoms with E-state index in [4.69, 9.17) is 9.39 Å². The number of rotatable bonds is 3. The molecule has 0 spiro atoms. The molecule has 0 radical (unpaired) electrons. The van der Waals surface area contributed by atoms with Gasteiger partial charge in [0.05, 0.1) is 19.1 Å². The summed E-state index contributed by atoms with van der Waals surface area (Å²) in [5, 5.41) is 9.74. The summed E-state index contributed by atoms with van der Waals surface area (Å²) in [7, 11) is -0.940. The maximum Gasteiger partial charge on any atom is 0.491 e. The van der Waals surface area contributed by atoms with E-state index in [1.54, 1.807) is 6.92 Å². The van der Waals surface area contributed by atoms with Gasteiger partial charge in [0.1, 0.15) is 0 Å². The average Bonchev–Trinajstić information content (AvgIpc) is 2.54. The summed E-state index contributed by atoms with van der Waals surface area (Å²) in [4.78, 5) is 11.4. The smallest absolute Gasteiger partial charge is 0.466 e. The summed E-state index contributed by atoms with van der Waals surface area (Å²) in [6, 6.07) is 0. The van der Waals surface area contributed by atoms with Crippen LogP contribution in [0, 0.1) is 0 Å².